The molecule has 0 saturated carbocycles. The fraction of sp³-hybridized carbons (Fsp3) is 0.653. The highest BCUT2D eigenvalue weighted by Crippen LogP contribution is 2.14. The van der Waals surface area contributed by atoms with Crippen molar-refractivity contribution in [3.05, 3.63) is 35.4 Å². The van der Waals surface area contributed by atoms with Crippen molar-refractivity contribution in [2.45, 2.75) is 57.3 Å². The molecule has 2 fully saturated rings. The highest BCUT2D eigenvalue weighted by Gasteiger charge is 2.32. The summed E-state index contributed by atoms with van der Waals surface area (Å²) in [6.07, 6.45) is -1.55. The third kappa shape index (κ3) is 27.5. The predicted octanol–water partition coefficient (Wildman–Crippen LogP) is -4.37. The van der Waals surface area contributed by atoms with Gasteiger partial charge < -0.3 is 56.8 Å². The quantitative estimate of drug-likeness (QED) is 0.0378. The van der Waals surface area contributed by atoms with Gasteiger partial charge in [0.2, 0.25) is 17.7 Å². The van der Waals surface area contributed by atoms with Crippen LogP contribution in [0.3, 0.4) is 0 Å². The van der Waals surface area contributed by atoms with Crippen LogP contribution < -0.4 is 16.0 Å². The molecule has 3 rings (SSSR count). The van der Waals surface area contributed by atoms with Gasteiger partial charge in [-0.05, 0) is 25.3 Å². The number of carboxylic acids is 8. The first kappa shape index (κ1) is 66.4. The van der Waals surface area contributed by atoms with Gasteiger partial charge in [-0.2, -0.15) is 0 Å². The third-order valence-electron chi connectivity index (χ3n) is 13.4. The van der Waals surface area contributed by atoms with Crippen molar-refractivity contribution in [2.24, 2.45) is 0 Å². The Morgan fingerprint density at radius 2 is 0.709 bits per heavy atom. The van der Waals surface area contributed by atoms with Gasteiger partial charge in [0.15, 0.2) is 0 Å². The molecule has 1 aromatic carbocycles. The summed E-state index contributed by atoms with van der Waals surface area (Å²) in [5.74, 6) is -12.0. The first-order valence-electron chi connectivity index (χ1n) is 25.8. The molecule has 1 aromatic rings. The van der Waals surface area contributed by atoms with Gasteiger partial charge in [-0.1, -0.05) is 29.8 Å². The van der Waals surface area contributed by atoms with Gasteiger partial charge in [-0.25, -0.2) is 0 Å². The van der Waals surface area contributed by atoms with E-state index in [4.69, 9.17) is 0 Å². The average Bonchev–Trinajstić information content (AvgIpc) is 3.35. The molecule has 30 nitrogen and oxygen atoms in total. The van der Waals surface area contributed by atoms with Crippen LogP contribution in [0, 0.1) is 6.92 Å². The van der Waals surface area contributed by atoms with Crippen LogP contribution in [0.1, 0.15) is 36.8 Å². The van der Waals surface area contributed by atoms with Crippen LogP contribution in [0.5, 0.6) is 0 Å². The average molecular weight is 1120 g/mol. The van der Waals surface area contributed by atoms with Crippen LogP contribution >= 0.6 is 0 Å². The Hall–Kier alpha value is -6.93. The number of rotatable bonds is 28. The number of carbonyl (C=O) groups excluding carboxylic acids is 3. The highest BCUT2D eigenvalue weighted by molar-refractivity contribution is 5.89. The molecule has 0 bridgehead atoms. The van der Waals surface area contributed by atoms with Crippen molar-refractivity contribution < 1.29 is 93.6 Å². The van der Waals surface area contributed by atoms with Crippen LogP contribution in [0.2, 0.25) is 0 Å². The molecule has 0 spiro atoms. The van der Waals surface area contributed by atoms with Crippen LogP contribution in [0.25, 0.3) is 0 Å². The Morgan fingerprint density at radius 3 is 1.00 bits per heavy atom. The van der Waals surface area contributed by atoms with Gasteiger partial charge in [0, 0.05) is 131 Å². The van der Waals surface area contributed by atoms with Gasteiger partial charge >= 0.3 is 47.8 Å². The second-order valence-electron chi connectivity index (χ2n) is 19.5. The largest absolute Gasteiger partial charge is 0.480 e. The number of benzene rings is 1. The second kappa shape index (κ2) is 34.8. The highest BCUT2D eigenvalue weighted by atomic mass is 16.4. The maximum atomic E-state index is 13.8. The zero-order chi connectivity index (χ0) is 58.6. The van der Waals surface area contributed by atoms with Crippen LogP contribution in [-0.2, 0) is 59.3 Å². The number of hydrogen-bond donors (Lipinski definition) is 11. The van der Waals surface area contributed by atoms with Gasteiger partial charge in [-0.3, -0.25) is 91.9 Å². The molecule has 2 saturated heterocycles. The standard InChI is InChI=1S/C49H77N11O19/c1-34-2-4-35(5-3-34)26-51-47(75)36(52-40(62)9-7-38(49(78)79)60-24-20-57(32-45(71)72)16-12-54(29-42(65)66)13-17-58(21-25-60)33-46(73)74)27-50-39(61)8-6-37(48(76)77)59-22-18-55(30-43(67)68)14-10-53(28-41(63)64)11-15-56(19-23-59)31-44(69)70/h2-5,36-38H,6-33H2,1H3,(H,50,61)(H,51,75)(H,52,62)(H,63,64)(H,65,66)(H,67,68)(H,69,70)(H,71,72)(H,73,74)(H,76,77)(H,78,79)/t36-,37?,38?/m0/s1. The van der Waals surface area contributed by atoms with E-state index in [9.17, 15) is 93.6 Å². The smallest absolute Gasteiger partial charge is 0.320 e. The summed E-state index contributed by atoms with van der Waals surface area (Å²) in [5.41, 5.74) is 1.65. The third-order valence-corrected chi connectivity index (χ3v) is 13.4. The lowest BCUT2D eigenvalue weighted by Crippen LogP contribution is -2.53. The molecular formula is C49H77N11O19. The topological polar surface area (TPSA) is 412 Å². The Balaban J connectivity index is 1.81. The normalized spacial score (nSPS) is 18.4. The Kier molecular flexibility index (Phi) is 29.3. The first-order valence-corrected chi connectivity index (χ1v) is 25.8. The summed E-state index contributed by atoms with van der Waals surface area (Å²) >= 11 is 0. The number of hydrogen-bond acceptors (Lipinski definition) is 19. The number of nitrogens with zero attached hydrogens (tertiary/aromatic N) is 8. The van der Waals surface area contributed by atoms with E-state index in [0.29, 0.717) is 5.56 Å². The molecule has 11 N–H and O–H groups in total. The van der Waals surface area contributed by atoms with Crippen molar-refractivity contribution >= 4 is 65.5 Å². The van der Waals surface area contributed by atoms with E-state index in [1.54, 1.807) is 21.9 Å². The molecule has 0 radical (unpaired) electrons. The summed E-state index contributed by atoms with van der Waals surface area (Å²) in [6.45, 7) is -0.549. The fourth-order valence-electron chi connectivity index (χ4n) is 9.08. The molecule has 2 aliphatic rings. The van der Waals surface area contributed by atoms with E-state index >= 15 is 0 Å². The molecule has 442 valence electrons. The SMILES string of the molecule is Cc1ccc(CNC(=O)[C@H](CNC(=O)CCC(C(=O)O)N2CCN(CC(=O)O)CCN(CC(=O)O)CCN(CC(=O)O)CC2)NC(=O)CCC(C(=O)O)N2CCN(CC(=O)O)CCN(CC(=O)O)CCN(CC(=O)O)CC2)cc1. The van der Waals surface area contributed by atoms with Crippen molar-refractivity contribution in [2.75, 3.05) is 151 Å². The predicted molar refractivity (Wildman–Crippen MR) is 277 cm³/mol. The van der Waals surface area contributed by atoms with Crippen LogP contribution in [-0.4, -0.2) is 314 Å². The number of aryl methyl sites for hydroxylation is 1. The zero-order valence-corrected chi connectivity index (χ0v) is 44.5. The number of carbonyl (C=O) groups is 11. The van der Waals surface area contributed by atoms with Crippen LogP contribution in [0.4, 0.5) is 0 Å². The Labute approximate surface area is 456 Å². The monoisotopic (exact) mass is 1120 g/mol. The fourth-order valence-corrected chi connectivity index (χ4v) is 9.08. The van der Waals surface area contributed by atoms with E-state index in [1.807, 2.05) is 19.1 Å². The van der Waals surface area contributed by atoms with E-state index in [2.05, 4.69) is 16.0 Å². The Bertz CT molecular complexity index is 2160. The van der Waals surface area contributed by atoms with E-state index in [0.717, 1.165) is 5.56 Å². The molecule has 3 atom stereocenters. The zero-order valence-electron chi connectivity index (χ0n) is 44.5. The molecule has 79 heavy (non-hydrogen) atoms. The van der Waals surface area contributed by atoms with Crippen molar-refractivity contribution in [1.29, 1.82) is 0 Å². The number of amides is 3. The summed E-state index contributed by atoms with van der Waals surface area (Å²) in [7, 11) is 0. The molecule has 0 aromatic heterocycles. The molecule has 0 aliphatic carbocycles. The first-order chi connectivity index (χ1) is 37.4. The maximum Gasteiger partial charge on any atom is 0.320 e. The molecule has 2 heterocycles. The van der Waals surface area contributed by atoms with Crippen LogP contribution in [0.15, 0.2) is 24.3 Å². The lowest BCUT2D eigenvalue weighted by atomic mass is 10.1. The van der Waals surface area contributed by atoms with E-state index < -0.39 is 129 Å². The van der Waals surface area contributed by atoms with Gasteiger partial charge in [0.25, 0.3) is 0 Å². The lowest BCUT2D eigenvalue weighted by Gasteiger charge is -2.35. The minimum atomic E-state index is -1.45. The van der Waals surface area contributed by atoms with Crippen molar-refractivity contribution in [3.63, 3.8) is 0 Å². The Morgan fingerprint density at radius 1 is 0.418 bits per heavy atom. The van der Waals surface area contributed by atoms with Gasteiger partial charge in [-0.15, -0.1) is 0 Å². The summed E-state index contributed by atoms with van der Waals surface area (Å²) in [6, 6.07) is 3.00. The van der Waals surface area contributed by atoms with E-state index in [1.165, 1.54) is 29.4 Å². The van der Waals surface area contributed by atoms with Gasteiger partial charge in [0.05, 0.1) is 39.3 Å². The number of aliphatic carboxylic acids is 8. The summed E-state index contributed by atoms with van der Waals surface area (Å²) < 4.78 is 0. The molecule has 2 aliphatic heterocycles. The number of nitrogens with one attached hydrogen (secondary N) is 3. The molecule has 3 amide bonds. The molecular weight excluding hydrogens is 1050 g/mol. The second-order valence-corrected chi connectivity index (χ2v) is 19.5. The van der Waals surface area contributed by atoms with Crippen molar-refractivity contribution in [3.8, 4) is 0 Å². The minimum Gasteiger partial charge on any atom is -0.480 e. The lowest BCUT2D eigenvalue weighted by molar-refractivity contribution is -0.145. The van der Waals surface area contributed by atoms with E-state index in [-0.39, 0.29) is 137 Å². The van der Waals surface area contributed by atoms with Crippen molar-refractivity contribution in [1.82, 2.24) is 55.1 Å². The van der Waals surface area contributed by atoms with Gasteiger partial charge in [0.1, 0.15) is 18.1 Å². The molecule has 30 heteroatoms. The number of carboxylic acid groups (broad SMARTS) is 8. The molecule has 2 unspecified atom stereocenters. The summed E-state index contributed by atoms with van der Waals surface area (Å²) in [4.78, 5) is 149. The minimum absolute atomic E-state index is 0.00359. The maximum absolute atomic E-state index is 13.8. The summed E-state index contributed by atoms with van der Waals surface area (Å²) in [5, 5.41) is 86.2.